The number of pyridine rings is 2. The maximum absolute atomic E-state index is 4.58. The van der Waals surface area contributed by atoms with Crippen LogP contribution in [0.3, 0.4) is 0 Å². The third-order valence-electron chi connectivity index (χ3n) is 3.85. The summed E-state index contributed by atoms with van der Waals surface area (Å²) in [4.78, 5) is 9.15. The molecule has 0 aliphatic carbocycles. The van der Waals surface area contributed by atoms with Crippen LogP contribution in [0.2, 0.25) is 0 Å². The highest BCUT2D eigenvalue weighted by Crippen LogP contribution is 2.41. The fourth-order valence-corrected chi connectivity index (χ4v) is 2.64. The summed E-state index contributed by atoms with van der Waals surface area (Å²) in [6, 6.07) is 12.3. The second kappa shape index (κ2) is 6.17. The third kappa shape index (κ3) is 3.24. The van der Waals surface area contributed by atoms with Gasteiger partial charge in [-0.25, -0.2) is 0 Å². The Balaban J connectivity index is 2.41. The summed E-state index contributed by atoms with van der Waals surface area (Å²) in [6.45, 7) is 8.89. The van der Waals surface area contributed by atoms with E-state index in [0.29, 0.717) is 5.92 Å². The zero-order valence-electron chi connectivity index (χ0n) is 12.8. The van der Waals surface area contributed by atoms with Gasteiger partial charge in [-0.05, 0) is 36.6 Å². The third-order valence-corrected chi connectivity index (χ3v) is 3.85. The Bertz CT molecular complexity index is 518. The lowest BCUT2D eigenvalue weighted by molar-refractivity contribution is 0.379. The van der Waals surface area contributed by atoms with Crippen molar-refractivity contribution < 1.29 is 0 Å². The van der Waals surface area contributed by atoms with Gasteiger partial charge in [-0.2, -0.15) is 0 Å². The lowest BCUT2D eigenvalue weighted by Crippen LogP contribution is -2.29. The first-order valence-corrected chi connectivity index (χ1v) is 7.13. The van der Waals surface area contributed by atoms with Crippen LogP contribution in [0, 0.1) is 5.92 Å². The molecule has 0 aliphatic rings. The lowest BCUT2D eigenvalue weighted by atomic mass is 9.70. The zero-order valence-corrected chi connectivity index (χ0v) is 12.8. The average Bonchev–Trinajstić information content (AvgIpc) is 2.46. The Morgan fingerprint density at radius 3 is 2.15 bits per heavy atom. The minimum Gasteiger partial charge on any atom is -0.261 e. The molecule has 0 saturated heterocycles. The van der Waals surface area contributed by atoms with Gasteiger partial charge in [0.25, 0.3) is 0 Å². The van der Waals surface area contributed by atoms with E-state index in [2.05, 4.69) is 61.9 Å². The van der Waals surface area contributed by atoms with E-state index in [0.717, 1.165) is 17.8 Å². The Morgan fingerprint density at radius 1 is 1.00 bits per heavy atom. The molecule has 0 aromatic carbocycles. The molecular weight excluding hydrogens is 244 g/mol. The van der Waals surface area contributed by atoms with Crippen molar-refractivity contribution in [1.29, 1.82) is 0 Å². The van der Waals surface area contributed by atoms with Crippen molar-refractivity contribution in [3.05, 3.63) is 66.1 Å². The van der Waals surface area contributed by atoms with Crippen molar-refractivity contribution in [2.75, 3.05) is 0 Å². The highest BCUT2D eigenvalue weighted by Gasteiger charge is 2.34. The van der Waals surface area contributed by atoms with Gasteiger partial charge in [0.2, 0.25) is 0 Å². The monoisotopic (exact) mass is 267 g/mol. The fraction of sp³-hybridized carbons (Fsp3) is 0.389. The van der Waals surface area contributed by atoms with E-state index < -0.39 is 0 Å². The summed E-state index contributed by atoms with van der Waals surface area (Å²) < 4.78 is 0. The molecule has 1 radical (unpaired) electrons. The molecule has 0 fully saturated rings. The van der Waals surface area contributed by atoms with Gasteiger partial charge in [0.1, 0.15) is 0 Å². The van der Waals surface area contributed by atoms with Gasteiger partial charge in [-0.1, -0.05) is 39.8 Å². The number of rotatable bonds is 5. The molecule has 0 amide bonds. The minimum atomic E-state index is -0.0487. The lowest BCUT2D eigenvalue weighted by Gasteiger charge is -2.34. The van der Waals surface area contributed by atoms with Gasteiger partial charge in [0.15, 0.2) is 0 Å². The van der Waals surface area contributed by atoms with Crippen molar-refractivity contribution >= 4 is 0 Å². The summed E-state index contributed by atoms with van der Waals surface area (Å²) in [5.74, 6) is 1.76. The highest BCUT2D eigenvalue weighted by molar-refractivity contribution is 5.25. The van der Waals surface area contributed by atoms with Gasteiger partial charge in [-0.15, -0.1) is 0 Å². The van der Waals surface area contributed by atoms with Gasteiger partial charge >= 0.3 is 0 Å². The van der Waals surface area contributed by atoms with Crippen LogP contribution in [0.1, 0.15) is 51.4 Å². The molecular formula is C18H23N2. The molecule has 0 aliphatic heterocycles. The van der Waals surface area contributed by atoms with Crippen LogP contribution in [-0.2, 0) is 5.41 Å². The summed E-state index contributed by atoms with van der Waals surface area (Å²) in [6.07, 6.45) is 4.78. The number of nitrogens with zero attached hydrogens (tertiary/aromatic N) is 2. The predicted molar refractivity (Wildman–Crippen MR) is 83.4 cm³/mol. The van der Waals surface area contributed by atoms with E-state index in [-0.39, 0.29) is 5.41 Å². The topological polar surface area (TPSA) is 25.8 Å². The molecule has 0 saturated carbocycles. The van der Waals surface area contributed by atoms with Gasteiger partial charge in [-0.3, -0.25) is 9.97 Å². The molecule has 2 heterocycles. The van der Waals surface area contributed by atoms with Crippen molar-refractivity contribution in [3.63, 3.8) is 0 Å². The highest BCUT2D eigenvalue weighted by atomic mass is 14.7. The second-order valence-electron chi connectivity index (χ2n) is 6.16. The fourth-order valence-electron chi connectivity index (χ4n) is 2.64. The quantitative estimate of drug-likeness (QED) is 0.794. The van der Waals surface area contributed by atoms with Crippen molar-refractivity contribution in [2.45, 2.75) is 45.4 Å². The molecule has 105 valence electrons. The summed E-state index contributed by atoms with van der Waals surface area (Å²) >= 11 is 0. The SMILES string of the molecule is C[C](C)CC(c1ccccn1)C(C)(C)c1ccccn1. The maximum Gasteiger partial charge on any atom is 0.0466 e. The van der Waals surface area contributed by atoms with Crippen LogP contribution >= 0.6 is 0 Å². The first kappa shape index (κ1) is 14.7. The van der Waals surface area contributed by atoms with E-state index in [4.69, 9.17) is 0 Å². The molecule has 0 spiro atoms. The largest absolute Gasteiger partial charge is 0.261 e. The maximum atomic E-state index is 4.58. The van der Waals surface area contributed by atoms with Crippen LogP contribution in [0.15, 0.2) is 48.8 Å². The van der Waals surface area contributed by atoms with E-state index in [1.807, 2.05) is 24.5 Å². The van der Waals surface area contributed by atoms with Crippen molar-refractivity contribution in [2.24, 2.45) is 0 Å². The molecule has 2 rings (SSSR count). The van der Waals surface area contributed by atoms with Crippen LogP contribution < -0.4 is 0 Å². The second-order valence-corrected chi connectivity index (χ2v) is 6.16. The Labute approximate surface area is 122 Å². The average molecular weight is 267 g/mol. The first-order valence-electron chi connectivity index (χ1n) is 7.13. The minimum absolute atomic E-state index is 0.0487. The molecule has 1 atom stereocenters. The standard InChI is InChI=1S/C18H23N2/c1-14(2)13-15(16-9-5-7-11-19-16)18(3,4)17-10-6-8-12-20-17/h5-12,15H,13H2,1-4H3. The zero-order chi connectivity index (χ0) is 14.6. The van der Waals surface area contributed by atoms with E-state index >= 15 is 0 Å². The molecule has 20 heavy (non-hydrogen) atoms. The molecule has 2 heteroatoms. The Kier molecular flexibility index (Phi) is 4.53. The molecule has 2 nitrogen and oxygen atoms in total. The summed E-state index contributed by atoms with van der Waals surface area (Å²) in [5.41, 5.74) is 2.22. The van der Waals surface area contributed by atoms with Gasteiger partial charge in [0.05, 0.1) is 0 Å². The van der Waals surface area contributed by atoms with E-state index in [9.17, 15) is 0 Å². The van der Waals surface area contributed by atoms with Crippen LogP contribution in [0.25, 0.3) is 0 Å². The molecule has 2 aromatic rings. The summed E-state index contributed by atoms with van der Waals surface area (Å²) in [5, 5.41) is 0. The predicted octanol–water partition coefficient (Wildman–Crippen LogP) is 4.54. The van der Waals surface area contributed by atoms with Gasteiger partial charge < -0.3 is 0 Å². The van der Waals surface area contributed by atoms with Crippen molar-refractivity contribution in [3.8, 4) is 0 Å². The first-order chi connectivity index (χ1) is 9.51. The van der Waals surface area contributed by atoms with E-state index in [1.54, 1.807) is 0 Å². The van der Waals surface area contributed by atoms with Crippen LogP contribution in [-0.4, -0.2) is 9.97 Å². The number of hydrogen-bond acceptors (Lipinski definition) is 2. The van der Waals surface area contributed by atoms with Gasteiger partial charge in [0, 0.05) is 35.1 Å². The van der Waals surface area contributed by atoms with Crippen molar-refractivity contribution in [1.82, 2.24) is 9.97 Å². The van der Waals surface area contributed by atoms with E-state index in [1.165, 1.54) is 5.92 Å². The normalized spacial score (nSPS) is 13.4. The number of hydrogen-bond donors (Lipinski definition) is 0. The number of aromatic nitrogens is 2. The summed E-state index contributed by atoms with van der Waals surface area (Å²) in [7, 11) is 0. The van der Waals surface area contributed by atoms with Crippen LogP contribution in [0.4, 0.5) is 0 Å². The molecule has 2 aromatic heterocycles. The molecule has 1 unspecified atom stereocenters. The van der Waals surface area contributed by atoms with Crippen LogP contribution in [0.5, 0.6) is 0 Å². The Morgan fingerprint density at radius 2 is 1.65 bits per heavy atom. The Hall–Kier alpha value is -1.70. The molecule has 0 N–H and O–H groups in total. The smallest absolute Gasteiger partial charge is 0.0466 e. The molecule has 0 bridgehead atoms.